The fraction of sp³-hybridized carbons (Fsp3) is 0.333. The number of nitrogen functional groups attached to an aromatic ring is 1. The Morgan fingerprint density at radius 2 is 2.10 bits per heavy atom. The van der Waals surface area contributed by atoms with Crippen LogP contribution in [0.2, 0.25) is 0 Å². The number of hydrogen-bond donors (Lipinski definition) is 1. The molecule has 2 rings (SSSR count). The van der Waals surface area contributed by atoms with E-state index in [9.17, 15) is 8.42 Å². The second-order valence-electron chi connectivity index (χ2n) is 4.39. The topological polar surface area (TPSA) is 108 Å². The predicted molar refractivity (Wildman–Crippen MR) is 74.0 cm³/mol. The lowest BCUT2D eigenvalue weighted by Gasteiger charge is -2.04. The van der Waals surface area contributed by atoms with Crippen LogP contribution >= 0.6 is 0 Å². The quantitative estimate of drug-likeness (QED) is 0.850. The lowest BCUT2D eigenvalue weighted by molar-refractivity contribution is 0.415. The van der Waals surface area contributed by atoms with Crippen molar-refractivity contribution < 1.29 is 17.7 Å². The molecule has 1 unspecified atom stereocenters. The lowest BCUT2D eigenvalue weighted by Crippen LogP contribution is -2.09. The molecule has 1 atom stereocenters. The third-order valence-corrected chi connectivity index (χ3v) is 4.42. The van der Waals surface area contributed by atoms with Gasteiger partial charge in [-0.15, -0.1) is 0 Å². The van der Waals surface area contributed by atoms with Crippen molar-refractivity contribution in [2.24, 2.45) is 0 Å². The first-order valence-corrected chi connectivity index (χ1v) is 7.74. The molecule has 0 saturated carbocycles. The minimum Gasteiger partial charge on any atom is -0.495 e. The van der Waals surface area contributed by atoms with Gasteiger partial charge in [-0.25, -0.2) is 8.42 Å². The van der Waals surface area contributed by atoms with Gasteiger partial charge in [-0.2, -0.15) is 4.98 Å². The van der Waals surface area contributed by atoms with Gasteiger partial charge >= 0.3 is 0 Å². The molecule has 1 aromatic heterocycles. The maximum absolute atomic E-state index is 11.5. The molecule has 108 valence electrons. The first-order chi connectivity index (χ1) is 9.32. The molecule has 0 saturated heterocycles. The van der Waals surface area contributed by atoms with Crippen LogP contribution in [0.4, 0.5) is 5.69 Å². The van der Waals surface area contributed by atoms with E-state index in [2.05, 4.69) is 10.1 Å². The van der Waals surface area contributed by atoms with Crippen LogP contribution < -0.4 is 10.5 Å². The number of benzene rings is 1. The van der Waals surface area contributed by atoms with Gasteiger partial charge in [0, 0.05) is 11.8 Å². The van der Waals surface area contributed by atoms with Crippen molar-refractivity contribution >= 4 is 15.5 Å². The molecular formula is C12H15N3O4S. The van der Waals surface area contributed by atoms with Crippen molar-refractivity contribution in [1.29, 1.82) is 0 Å². The maximum atomic E-state index is 11.5. The number of hydrogen-bond acceptors (Lipinski definition) is 7. The summed E-state index contributed by atoms with van der Waals surface area (Å²) in [6, 6.07) is 5.01. The number of anilines is 1. The number of aromatic nitrogens is 2. The van der Waals surface area contributed by atoms with Gasteiger partial charge in [0.1, 0.15) is 11.0 Å². The number of nitrogens with two attached hydrogens (primary N) is 1. The Hall–Kier alpha value is -2.09. The molecule has 0 fully saturated rings. The van der Waals surface area contributed by atoms with Gasteiger partial charge in [0.2, 0.25) is 0 Å². The first-order valence-electron chi connectivity index (χ1n) is 5.79. The van der Waals surface area contributed by atoms with Crippen molar-refractivity contribution in [3.63, 3.8) is 0 Å². The zero-order valence-corrected chi connectivity index (χ0v) is 12.1. The minimum atomic E-state index is -3.27. The van der Waals surface area contributed by atoms with Crippen molar-refractivity contribution in [2.75, 3.05) is 19.1 Å². The fourth-order valence-corrected chi connectivity index (χ4v) is 2.05. The Labute approximate surface area is 116 Å². The Balaban J connectivity index is 2.36. The van der Waals surface area contributed by atoms with Crippen LogP contribution in [0.25, 0.3) is 11.5 Å². The maximum Gasteiger partial charge on any atom is 0.258 e. The SMILES string of the molecule is COc1ccc(-c2nc(C(C)S(C)(=O)=O)no2)cc1N. The molecule has 0 aliphatic heterocycles. The Morgan fingerprint density at radius 3 is 2.65 bits per heavy atom. The van der Waals surface area contributed by atoms with Gasteiger partial charge < -0.3 is 15.0 Å². The molecule has 0 amide bonds. The van der Waals surface area contributed by atoms with E-state index >= 15 is 0 Å². The fourth-order valence-electron chi connectivity index (χ4n) is 1.58. The minimum absolute atomic E-state index is 0.122. The number of ether oxygens (including phenoxy) is 1. The summed E-state index contributed by atoms with van der Waals surface area (Å²) < 4.78 is 33.0. The van der Waals surface area contributed by atoms with Crippen molar-refractivity contribution in [1.82, 2.24) is 10.1 Å². The monoisotopic (exact) mass is 297 g/mol. The van der Waals surface area contributed by atoms with Crippen LogP contribution in [0.15, 0.2) is 22.7 Å². The molecule has 0 spiro atoms. The zero-order valence-electron chi connectivity index (χ0n) is 11.3. The van der Waals surface area contributed by atoms with Gasteiger partial charge in [0.25, 0.3) is 5.89 Å². The lowest BCUT2D eigenvalue weighted by atomic mass is 10.2. The summed E-state index contributed by atoms with van der Waals surface area (Å²) in [5.74, 6) is 0.875. The average molecular weight is 297 g/mol. The zero-order chi connectivity index (χ0) is 14.9. The van der Waals surface area contributed by atoms with Crippen molar-refractivity contribution in [3.05, 3.63) is 24.0 Å². The summed E-state index contributed by atoms with van der Waals surface area (Å²) in [7, 11) is -1.76. The molecule has 20 heavy (non-hydrogen) atoms. The largest absolute Gasteiger partial charge is 0.495 e. The highest BCUT2D eigenvalue weighted by molar-refractivity contribution is 7.90. The van der Waals surface area contributed by atoms with E-state index in [4.69, 9.17) is 15.0 Å². The van der Waals surface area contributed by atoms with E-state index in [1.807, 2.05) is 0 Å². The molecule has 0 aliphatic rings. The van der Waals surface area contributed by atoms with E-state index in [1.165, 1.54) is 14.0 Å². The first kappa shape index (κ1) is 14.3. The summed E-state index contributed by atoms with van der Waals surface area (Å²) in [6.07, 6.45) is 1.12. The van der Waals surface area contributed by atoms with Crippen LogP contribution in [0, 0.1) is 0 Å². The molecule has 0 aliphatic carbocycles. The molecule has 0 bridgehead atoms. The van der Waals surface area contributed by atoms with Crippen molar-refractivity contribution in [3.8, 4) is 17.2 Å². The normalized spacial score (nSPS) is 13.2. The van der Waals surface area contributed by atoms with Crippen LogP contribution in [-0.4, -0.2) is 31.9 Å². The summed E-state index contributed by atoms with van der Waals surface area (Å²) in [4.78, 5) is 4.09. The average Bonchev–Trinajstić information content (AvgIpc) is 2.86. The highest BCUT2D eigenvalue weighted by Gasteiger charge is 2.23. The summed E-state index contributed by atoms with van der Waals surface area (Å²) in [5.41, 5.74) is 6.83. The van der Waals surface area contributed by atoms with Crippen LogP contribution in [0.3, 0.4) is 0 Å². The molecule has 0 radical (unpaired) electrons. The number of nitrogens with zero attached hydrogens (tertiary/aromatic N) is 2. The molecule has 1 aromatic carbocycles. The van der Waals surface area contributed by atoms with Crippen LogP contribution in [0.5, 0.6) is 5.75 Å². The Morgan fingerprint density at radius 1 is 1.40 bits per heavy atom. The number of methoxy groups -OCH3 is 1. The smallest absolute Gasteiger partial charge is 0.258 e. The molecule has 1 heterocycles. The van der Waals surface area contributed by atoms with E-state index in [1.54, 1.807) is 18.2 Å². The third kappa shape index (κ3) is 2.74. The summed E-state index contributed by atoms with van der Waals surface area (Å²) in [5, 5.41) is 2.87. The van der Waals surface area contributed by atoms with Gasteiger partial charge in [-0.05, 0) is 25.1 Å². The van der Waals surface area contributed by atoms with Gasteiger partial charge in [0.05, 0.1) is 12.8 Å². The summed E-state index contributed by atoms with van der Waals surface area (Å²) >= 11 is 0. The summed E-state index contributed by atoms with van der Waals surface area (Å²) in [6.45, 7) is 1.51. The van der Waals surface area contributed by atoms with E-state index in [-0.39, 0.29) is 11.7 Å². The van der Waals surface area contributed by atoms with Gasteiger partial charge in [-0.3, -0.25) is 0 Å². The van der Waals surface area contributed by atoms with Crippen molar-refractivity contribution in [2.45, 2.75) is 12.2 Å². The standard InChI is InChI=1S/C12H15N3O4S/c1-7(20(3,16)17)11-14-12(19-15-11)8-4-5-10(18-2)9(13)6-8/h4-7H,13H2,1-3H3. The Kier molecular flexibility index (Phi) is 3.67. The highest BCUT2D eigenvalue weighted by atomic mass is 32.2. The molecule has 8 heteroatoms. The second kappa shape index (κ2) is 5.12. The van der Waals surface area contributed by atoms with Crippen LogP contribution in [-0.2, 0) is 9.84 Å². The number of rotatable bonds is 4. The molecular weight excluding hydrogens is 282 g/mol. The second-order valence-corrected chi connectivity index (χ2v) is 6.75. The molecule has 2 aromatic rings. The number of sulfone groups is 1. The predicted octanol–water partition coefficient (Wildman–Crippen LogP) is 1.43. The molecule has 7 nitrogen and oxygen atoms in total. The van der Waals surface area contributed by atoms with Crippen LogP contribution in [0.1, 0.15) is 18.0 Å². The van der Waals surface area contributed by atoms with E-state index in [0.717, 1.165) is 6.26 Å². The Bertz CT molecular complexity index is 724. The van der Waals surface area contributed by atoms with Gasteiger partial charge in [0.15, 0.2) is 15.7 Å². The highest BCUT2D eigenvalue weighted by Crippen LogP contribution is 2.28. The van der Waals surface area contributed by atoms with E-state index in [0.29, 0.717) is 17.0 Å². The van der Waals surface area contributed by atoms with Gasteiger partial charge in [-0.1, -0.05) is 5.16 Å². The third-order valence-electron chi connectivity index (χ3n) is 2.92. The molecule has 2 N–H and O–H groups in total. The van der Waals surface area contributed by atoms with E-state index < -0.39 is 15.1 Å².